The van der Waals surface area contributed by atoms with Crippen molar-refractivity contribution in [2.45, 2.75) is 52.9 Å². The third kappa shape index (κ3) is 5.20. The van der Waals surface area contributed by atoms with Gasteiger partial charge in [-0.3, -0.25) is 0 Å². The molecule has 5 nitrogen and oxygen atoms in total. The molecule has 23 heavy (non-hydrogen) atoms. The summed E-state index contributed by atoms with van der Waals surface area (Å²) in [6.07, 6.45) is 7.17. The topological polar surface area (TPSA) is 83.8 Å². The van der Waals surface area contributed by atoms with Crippen LogP contribution in [0, 0.1) is 10.8 Å². The lowest BCUT2D eigenvalue weighted by molar-refractivity contribution is -0.133. The second kappa shape index (κ2) is 7.77. The van der Waals surface area contributed by atoms with Gasteiger partial charge in [0.25, 0.3) is 0 Å². The summed E-state index contributed by atoms with van der Waals surface area (Å²) < 4.78 is 5.25. The molecule has 0 aromatic heterocycles. The van der Waals surface area contributed by atoms with Crippen molar-refractivity contribution in [2.75, 3.05) is 13.2 Å². The average Bonchev–Trinajstić information content (AvgIpc) is 2.45. The van der Waals surface area contributed by atoms with Gasteiger partial charge in [0.1, 0.15) is 0 Å². The number of hydrogen-bond donors (Lipinski definition) is 2. The fourth-order valence-corrected chi connectivity index (χ4v) is 3.14. The van der Waals surface area contributed by atoms with Crippen LogP contribution in [-0.2, 0) is 14.3 Å². The number of aliphatic carboxylic acids is 2. The van der Waals surface area contributed by atoms with E-state index in [0.29, 0.717) is 0 Å². The molecule has 0 heterocycles. The van der Waals surface area contributed by atoms with Gasteiger partial charge in [-0.05, 0) is 23.7 Å². The molecule has 0 spiro atoms. The molecule has 5 heteroatoms. The quantitative estimate of drug-likeness (QED) is 0.698. The van der Waals surface area contributed by atoms with Crippen LogP contribution >= 0.6 is 0 Å². The third-order valence-electron chi connectivity index (χ3n) is 4.80. The average molecular weight is 324 g/mol. The predicted octanol–water partition coefficient (Wildman–Crippen LogP) is 3.65. The molecule has 0 atom stereocenters. The molecule has 1 saturated carbocycles. The van der Waals surface area contributed by atoms with Gasteiger partial charge in [0.15, 0.2) is 0 Å². The summed E-state index contributed by atoms with van der Waals surface area (Å²) in [6.45, 7) is 9.50. The highest BCUT2D eigenvalue weighted by Crippen LogP contribution is 2.51. The Morgan fingerprint density at radius 2 is 1.65 bits per heavy atom. The SMILES string of the molecule is C=C(COCC(=CC1(C(C)(C)C)CCCCC1)C(=O)O)C(=O)O. The molecule has 0 radical (unpaired) electrons. The summed E-state index contributed by atoms with van der Waals surface area (Å²) >= 11 is 0. The minimum absolute atomic E-state index is 0.0429. The largest absolute Gasteiger partial charge is 0.478 e. The molecule has 0 aromatic rings. The Morgan fingerprint density at radius 3 is 2.09 bits per heavy atom. The van der Waals surface area contributed by atoms with E-state index in [9.17, 15) is 14.7 Å². The van der Waals surface area contributed by atoms with E-state index in [1.807, 2.05) is 6.08 Å². The first-order valence-electron chi connectivity index (χ1n) is 8.03. The maximum atomic E-state index is 11.6. The lowest BCUT2D eigenvalue weighted by Gasteiger charge is -2.46. The van der Waals surface area contributed by atoms with Crippen molar-refractivity contribution < 1.29 is 24.5 Å². The van der Waals surface area contributed by atoms with E-state index < -0.39 is 11.9 Å². The summed E-state index contributed by atoms with van der Waals surface area (Å²) in [5.41, 5.74) is -0.0942. The highest BCUT2D eigenvalue weighted by molar-refractivity contribution is 5.87. The number of rotatable bonds is 7. The van der Waals surface area contributed by atoms with Crippen molar-refractivity contribution in [3.05, 3.63) is 23.8 Å². The fourth-order valence-electron chi connectivity index (χ4n) is 3.14. The molecule has 0 bridgehead atoms. The van der Waals surface area contributed by atoms with Gasteiger partial charge in [0.05, 0.1) is 24.4 Å². The molecule has 0 aliphatic heterocycles. The molecule has 1 rings (SSSR count). The van der Waals surface area contributed by atoms with E-state index in [4.69, 9.17) is 9.84 Å². The van der Waals surface area contributed by atoms with Gasteiger partial charge in [0, 0.05) is 0 Å². The van der Waals surface area contributed by atoms with Gasteiger partial charge in [-0.1, -0.05) is 52.7 Å². The minimum Gasteiger partial charge on any atom is -0.478 e. The maximum absolute atomic E-state index is 11.6. The van der Waals surface area contributed by atoms with Crippen molar-refractivity contribution in [3.63, 3.8) is 0 Å². The van der Waals surface area contributed by atoms with Gasteiger partial charge in [0.2, 0.25) is 0 Å². The first-order valence-corrected chi connectivity index (χ1v) is 8.03. The van der Waals surface area contributed by atoms with Crippen LogP contribution in [0.15, 0.2) is 23.8 Å². The fraction of sp³-hybridized carbons (Fsp3) is 0.667. The summed E-state index contributed by atoms with van der Waals surface area (Å²) in [5, 5.41) is 18.2. The van der Waals surface area contributed by atoms with Gasteiger partial charge in [-0.25, -0.2) is 9.59 Å². The van der Waals surface area contributed by atoms with Crippen LogP contribution in [0.1, 0.15) is 52.9 Å². The minimum atomic E-state index is -1.13. The first-order chi connectivity index (χ1) is 10.6. The summed E-state index contributed by atoms with van der Waals surface area (Å²) in [4.78, 5) is 22.3. The maximum Gasteiger partial charge on any atom is 0.333 e. The van der Waals surface area contributed by atoms with Crippen molar-refractivity contribution >= 4 is 11.9 Å². The van der Waals surface area contributed by atoms with Crippen LogP contribution in [0.4, 0.5) is 0 Å². The van der Waals surface area contributed by atoms with Crippen molar-refractivity contribution in [1.29, 1.82) is 0 Å². The van der Waals surface area contributed by atoms with E-state index >= 15 is 0 Å². The zero-order valence-corrected chi connectivity index (χ0v) is 14.4. The Kier molecular flexibility index (Phi) is 6.57. The van der Waals surface area contributed by atoms with Crippen molar-refractivity contribution in [1.82, 2.24) is 0 Å². The monoisotopic (exact) mass is 324 g/mol. The summed E-state index contributed by atoms with van der Waals surface area (Å²) in [5.74, 6) is -2.15. The number of carboxylic acids is 2. The molecule has 0 amide bonds. The zero-order valence-electron chi connectivity index (χ0n) is 14.4. The molecule has 1 aliphatic rings. The Bertz CT molecular complexity index is 490. The van der Waals surface area contributed by atoms with Crippen LogP contribution in [-0.4, -0.2) is 35.4 Å². The van der Waals surface area contributed by atoms with Crippen LogP contribution < -0.4 is 0 Å². The number of carbonyl (C=O) groups is 2. The predicted molar refractivity (Wildman–Crippen MR) is 88.3 cm³/mol. The normalized spacial score (nSPS) is 18.5. The van der Waals surface area contributed by atoms with Crippen LogP contribution in [0.2, 0.25) is 0 Å². The van der Waals surface area contributed by atoms with Gasteiger partial charge in [-0.2, -0.15) is 0 Å². The van der Waals surface area contributed by atoms with Crippen molar-refractivity contribution in [2.24, 2.45) is 10.8 Å². The summed E-state index contributed by atoms with van der Waals surface area (Å²) in [7, 11) is 0. The Balaban J connectivity index is 2.92. The summed E-state index contributed by atoms with van der Waals surface area (Å²) in [6, 6.07) is 0. The standard InChI is InChI=1S/C18H28O5/c1-13(15(19)20)11-23-12-14(16(21)22)10-18(17(2,3)4)8-6-5-7-9-18/h10H,1,5-9,11-12H2,2-4H3,(H,19,20)(H,21,22). The second-order valence-electron chi connectivity index (χ2n) is 7.34. The van der Waals surface area contributed by atoms with E-state index in [1.54, 1.807) is 0 Å². The molecule has 0 unspecified atom stereocenters. The molecule has 0 saturated heterocycles. The number of hydrogen-bond acceptors (Lipinski definition) is 3. The van der Waals surface area contributed by atoms with Crippen LogP contribution in [0.5, 0.6) is 0 Å². The highest BCUT2D eigenvalue weighted by Gasteiger charge is 2.41. The molecule has 1 aliphatic carbocycles. The molecular weight excluding hydrogens is 296 g/mol. The smallest absolute Gasteiger partial charge is 0.333 e. The number of ether oxygens (including phenoxy) is 1. The van der Waals surface area contributed by atoms with E-state index in [2.05, 4.69) is 27.4 Å². The third-order valence-corrected chi connectivity index (χ3v) is 4.80. The number of carboxylic acid groups (broad SMARTS) is 2. The highest BCUT2D eigenvalue weighted by atomic mass is 16.5. The van der Waals surface area contributed by atoms with Crippen LogP contribution in [0.3, 0.4) is 0 Å². The van der Waals surface area contributed by atoms with E-state index in [-0.39, 0.29) is 35.2 Å². The lowest BCUT2D eigenvalue weighted by atomic mass is 9.59. The molecular formula is C18H28O5. The molecule has 2 N–H and O–H groups in total. The molecule has 130 valence electrons. The zero-order chi connectivity index (χ0) is 17.7. The second-order valence-corrected chi connectivity index (χ2v) is 7.34. The molecule has 0 aromatic carbocycles. The Labute approximate surface area is 138 Å². The molecule has 1 fully saturated rings. The van der Waals surface area contributed by atoms with Gasteiger partial charge >= 0.3 is 11.9 Å². The Morgan fingerprint density at radius 1 is 1.09 bits per heavy atom. The first kappa shape index (κ1) is 19.4. The van der Waals surface area contributed by atoms with Crippen molar-refractivity contribution in [3.8, 4) is 0 Å². The number of allylic oxidation sites excluding steroid dienone is 1. The lowest BCUT2D eigenvalue weighted by Crippen LogP contribution is -2.37. The van der Waals surface area contributed by atoms with E-state index in [1.165, 1.54) is 6.42 Å². The van der Waals surface area contributed by atoms with E-state index in [0.717, 1.165) is 25.7 Å². The van der Waals surface area contributed by atoms with Gasteiger partial charge < -0.3 is 14.9 Å². The Hall–Kier alpha value is -1.62. The van der Waals surface area contributed by atoms with Gasteiger partial charge in [-0.15, -0.1) is 0 Å². The van der Waals surface area contributed by atoms with Crippen LogP contribution in [0.25, 0.3) is 0 Å².